The van der Waals surface area contributed by atoms with E-state index in [1.54, 1.807) is 31.4 Å². The molecular weight excluding hydrogens is 1610 g/mol. The Morgan fingerprint density at radius 3 is 0.992 bits per heavy atom. The molecule has 0 atom stereocenters. The van der Waals surface area contributed by atoms with E-state index in [1.165, 1.54) is 137 Å². The van der Waals surface area contributed by atoms with Crippen molar-refractivity contribution in [3.8, 4) is 40.2 Å². The van der Waals surface area contributed by atoms with Crippen molar-refractivity contribution < 1.29 is 57.0 Å². The van der Waals surface area contributed by atoms with Crippen molar-refractivity contribution >= 4 is 17.9 Å². The predicted molar refractivity (Wildman–Crippen MR) is 532 cm³/mol. The second-order valence-electron chi connectivity index (χ2n) is 37.0. The highest BCUT2D eigenvalue weighted by Crippen LogP contribution is 2.41. The maximum Gasteiger partial charge on any atom is 0.340 e. The molecule has 3 aliphatic carbocycles. The van der Waals surface area contributed by atoms with E-state index >= 15 is 0 Å². The number of esters is 3. The average molecular weight is 1750 g/mol. The number of aryl methyl sites for hydroxylation is 14. The Hall–Kier alpha value is -12.2. The van der Waals surface area contributed by atoms with Crippen LogP contribution in [-0.4, -0.2) is 57.9 Å². The normalized spacial score (nSPS) is 16.0. The lowest BCUT2D eigenvalue weighted by atomic mass is 9.71. The van der Waals surface area contributed by atoms with Crippen molar-refractivity contribution in [2.45, 2.75) is 220 Å². The third-order valence-corrected chi connectivity index (χ3v) is 24.1. The van der Waals surface area contributed by atoms with E-state index in [-0.39, 0.29) is 24.3 Å². The van der Waals surface area contributed by atoms with Gasteiger partial charge in [-0.25, -0.2) is 14.4 Å². The van der Waals surface area contributed by atoms with Crippen LogP contribution in [0.2, 0.25) is 0 Å². The standard InChI is InChI=1S/C22H32O2.C21H26O.C19H24O2.C17H16O4.C15H16O2.C15H16.C9H12O/c1-15-4-6-18(7-5-15)19-8-10-21(11-9-19)24-22(23)20-13-16(2)12-17(3)14-20;1-15-4-7-18(8-5-15)19-9-11-20(12-10-19)22-21-13-6-16(2)14-17(21)3;1-15-5-9-17(10-6-15)20-13-19(3,4)14-21-18-11-7-16(2)8-12-18;1-12-3-7-14(8-4-12)16(18)20-11-21-17(19)15-9-5-13(2)6-10-15;1-12-3-7-14(8-4-12)16-11-17-15-9-5-13(2)6-10-15;1-12-3-7-14(8-4-12)11-15-9-5-13(2)6-10-15;1-7-4-5-9(10-3)8(2)6-7/h12-15,18-19,21H,4-11H2,1-3H3;6,9-15,18H,4-5,7-8H2,1-3H3;5-12H,13-14H2,1-4H3;3-10H,11H2,1-2H3;3-10H,11H2,1-2H3;3-10H,11H2,1-2H3;4-6H,1-3H3. The van der Waals surface area contributed by atoms with E-state index in [0.717, 1.165) is 111 Å². The zero-order chi connectivity index (χ0) is 93.5. The summed E-state index contributed by atoms with van der Waals surface area (Å²) in [4.78, 5) is 35.8. The van der Waals surface area contributed by atoms with E-state index < -0.39 is 18.7 Å². The van der Waals surface area contributed by atoms with E-state index in [2.05, 4.69) is 204 Å². The summed E-state index contributed by atoms with van der Waals surface area (Å²) in [6.45, 7) is 38.9. The number of carbonyl (C=O) groups is 3. The number of rotatable bonds is 23. The van der Waals surface area contributed by atoms with Gasteiger partial charge in [0, 0.05) is 5.41 Å². The van der Waals surface area contributed by atoms with E-state index in [9.17, 15) is 14.4 Å². The molecule has 686 valence electrons. The summed E-state index contributed by atoms with van der Waals surface area (Å²) in [6.07, 6.45) is 16.8. The Balaban J connectivity index is 0.000000173. The molecule has 12 aromatic rings. The molecule has 0 amide bonds. The molecule has 0 spiro atoms. The molecule has 3 saturated carbocycles. The number of methoxy groups -OCH3 is 1. The molecule has 15 rings (SSSR count). The number of hydrogen-bond donors (Lipinski definition) is 0. The van der Waals surface area contributed by atoms with Gasteiger partial charge in [0.25, 0.3) is 0 Å². The molecule has 0 heterocycles. The fraction of sp³-hybridized carbons (Fsp3) is 0.364. The lowest BCUT2D eigenvalue weighted by molar-refractivity contribution is -0.0168. The fourth-order valence-corrected chi connectivity index (χ4v) is 15.9. The van der Waals surface area contributed by atoms with Gasteiger partial charge in [0.2, 0.25) is 13.6 Å². The molecule has 0 saturated heterocycles. The van der Waals surface area contributed by atoms with Crippen LogP contribution in [0.25, 0.3) is 0 Å². The van der Waals surface area contributed by atoms with Crippen LogP contribution in [0.15, 0.2) is 273 Å². The van der Waals surface area contributed by atoms with Gasteiger partial charge >= 0.3 is 17.9 Å². The number of ether oxygens (including phenoxy) is 9. The van der Waals surface area contributed by atoms with E-state index in [0.29, 0.717) is 29.9 Å². The minimum absolute atomic E-state index is 0.0459. The monoisotopic (exact) mass is 1750 g/mol. The van der Waals surface area contributed by atoms with Crippen molar-refractivity contribution in [2.24, 2.45) is 29.1 Å². The number of carbonyl (C=O) groups excluding carboxylic acids is 3. The highest BCUT2D eigenvalue weighted by atomic mass is 16.7. The van der Waals surface area contributed by atoms with Gasteiger partial charge in [-0.1, -0.05) is 284 Å². The van der Waals surface area contributed by atoms with Crippen molar-refractivity contribution in [1.82, 2.24) is 0 Å². The maximum atomic E-state index is 12.4. The first kappa shape index (κ1) is 102. The summed E-state index contributed by atoms with van der Waals surface area (Å²) in [5, 5.41) is 0. The largest absolute Gasteiger partial charge is 0.496 e. The third-order valence-electron chi connectivity index (χ3n) is 24.1. The van der Waals surface area contributed by atoms with Gasteiger partial charge in [-0.15, -0.1) is 0 Å². The van der Waals surface area contributed by atoms with Gasteiger partial charge in [0.05, 0.1) is 37.0 Å². The molecule has 12 nitrogen and oxygen atoms in total. The molecule has 0 bridgehead atoms. The minimum Gasteiger partial charge on any atom is -0.496 e. The molecule has 12 aromatic carbocycles. The number of benzene rings is 12. The second-order valence-corrected chi connectivity index (χ2v) is 37.0. The maximum absolute atomic E-state index is 12.4. The summed E-state index contributed by atoms with van der Waals surface area (Å²) in [7, 11) is 1.69. The third kappa shape index (κ3) is 36.8. The van der Waals surface area contributed by atoms with Gasteiger partial charge in [-0.3, -0.25) is 0 Å². The average Bonchev–Trinajstić information content (AvgIpc) is 0.833. The lowest BCUT2D eigenvalue weighted by Gasteiger charge is -2.37. The molecule has 3 aliphatic rings. The van der Waals surface area contributed by atoms with Gasteiger partial charge in [0.15, 0.2) is 0 Å². The first-order valence-electron chi connectivity index (χ1n) is 46.5. The SMILES string of the molecule is COc1ccc(C)cc1C.Cc1cc(C)cc(C(=O)OC2CCC(C3CCC(C)CC3)CC2)c1.Cc1ccc(C(=O)OCOC(=O)c2ccc(C)cc2)cc1.Cc1ccc(Cc2ccc(C)cc2)cc1.Cc1ccc(OCC(C)(C)COc2ccc(C)cc2)cc1.Cc1ccc(OCOc2ccc(C)cc2)cc1.Cc1ccc(Oc2ccc(C3CCC(C)CC3)cc2)c(C)c1. The van der Waals surface area contributed by atoms with Crippen LogP contribution in [0.1, 0.15) is 236 Å². The number of hydrogen-bond acceptors (Lipinski definition) is 12. The van der Waals surface area contributed by atoms with Gasteiger partial charge in [-0.05, 0) is 321 Å². The van der Waals surface area contributed by atoms with Gasteiger partial charge in [0.1, 0.15) is 46.4 Å². The van der Waals surface area contributed by atoms with Crippen LogP contribution in [0.4, 0.5) is 0 Å². The predicted octanol–water partition coefficient (Wildman–Crippen LogP) is 30.2. The van der Waals surface area contributed by atoms with Crippen LogP contribution >= 0.6 is 0 Å². The van der Waals surface area contributed by atoms with Crippen molar-refractivity contribution in [2.75, 3.05) is 33.9 Å². The molecule has 12 heteroatoms. The summed E-state index contributed by atoms with van der Waals surface area (Å²) in [5.41, 5.74) is 22.6. The Morgan fingerprint density at radius 1 is 0.300 bits per heavy atom. The Bertz CT molecular complexity index is 5120. The highest BCUT2D eigenvalue weighted by molar-refractivity contribution is 5.91. The van der Waals surface area contributed by atoms with Crippen LogP contribution in [0.5, 0.6) is 40.2 Å². The summed E-state index contributed by atoms with van der Waals surface area (Å²) < 4.78 is 49.4. The Labute approximate surface area is 777 Å². The fourth-order valence-electron chi connectivity index (χ4n) is 15.9. The van der Waals surface area contributed by atoms with Crippen molar-refractivity contribution in [3.63, 3.8) is 0 Å². The molecular formula is C118H142O12. The molecule has 3 fully saturated rings. The second kappa shape index (κ2) is 52.5. The van der Waals surface area contributed by atoms with Crippen LogP contribution in [0, 0.1) is 126 Å². The molecule has 0 radical (unpaired) electrons. The zero-order valence-corrected chi connectivity index (χ0v) is 80.9. The van der Waals surface area contributed by atoms with E-state index in [1.807, 2.05) is 170 Å². The molecule has 0 aliphatic heterocycles. The van der Waals surface area contributed by atoms with Crippen LogP contribution in [-0.2, 0) is 20.6 Å². The lowest BCUT2D eigenvalue weighted by Crippen LogP contribution is -2.29. The minimum atomic E-state index is -0.522. The Morgan fingerprint density at radius 2 is 0.623 bits per heavy atom. The summed E-state index contributed by atoms with van der Waals surface area (Å²) in [5.74, 6) is 9.49. The quantitative estimate of drug-likeness (QED) is 0.0446. The van der Waals surface area contributed by atoms with Crippen LogP contribution in [0.3, 0.4) is 0 Å². The highest BCUT2D eigenvalue weighted by Gasteiger charge is 2.32. The molecule has 130 heavy (non-hydrogen) atoms. The smallest absolute Gasteiger partial charge is 0.340 e. The van der Waals surface area contributed by atoms with Crippen molar-refractivity contribution in [3.05, 3.63) is 384 Å². The molecule has 0 aromatic heterocycles. The summed E-state index contributed by atoms with van der Waals surface area (Å²) in [6, 6.07) is 90.7. The first-order valence-corrected chi connectivity index (χ1v) is 46.5. The molecule has 0 N–H and O–H groups in total. The topological polar surface area (TPSA) is 134 Å². The first-order chi connectivity index (χ1) is 62.3. The molecule has 0 unspecified atom stereocenters. The van der Waals surface area contributed by atoms with Gasteiger partial charge in [-0.2, -0.15) is 0 Å². The Kier molecular flexibility index (Phi) is 41.0. The summed E-state index contributed by atoms with van der Waals surface area (Å²) >= 11 is 0. The van der Waals surface area contributed by atoms with E-state index in [4.69, 9.17) is 42.6 Å². The van der Waals surface area contributed by atoms with Crippen LogP contribution < -0.4 is 28.4 Å². The zero-order valence-electron chi connectivity index (χ0n) is 80.9. The van der Waals surface area contributed by atoms with Crippen molar-refractivity contribution in [1.29, 1.82) is 0 Å². The van der Waals surface area contributed by atoms with Gasteiger partial charge < -0.3 is 42.6 Å².